The average Bonchev–Trinajstić information content (AvgIpc) is 3.49. The molecule has 1 aliphatic heterocycles. The van der Waals surface area contributed by atoms with E-state index in [-0.39, 0.29) is 17.9 Å². The van der Waals surface area contributed by atoms with Crippen molar-refractivity contribution in [1.82, 2.24) is 20.0 Å². The Labute approximate surface area is 202 Å². The van der Waals surface area contributed by atoms with Crippen molar-refractivity contribution < 1.29 is 14.4 Å². The number of thiophene rings is 1. The van der Waals surface area contributed by atoms with Crippen LogP contribution in [0.5, 0.6) is 0 Å². The highest BCUT2D eigenvalue weighted by Crippen LogP contribution is 2.42. The number of rotatable bonds is 4. The highest BCUT2D eigenvalue weighted by atomic mass is 32.1. The number of amides is 4. The van der Waals surface area contributed by atoms with Crippen molar-refractivity contribution in [2.24, 2.45) is 0 Å². The first-order valence-electron chi connectivity index (χ1n) is 11.4. The van der Waals surface area contributed by atoms with Crippen molar-refractivity contribution in [3.05, 3.63) is 64.0 Å². The summed E-state index contributed by atoms with van der Waals surface area (Å²) in [5, 5.41) is 12.4. The molecule has 176 valence electrons. The number of benzene rings is 1. The maximum absolute atomic E-state index is 13.4. The Morgan fingerprint density at radius 3 is 2.71 bits per heavy atom. The zero-order valence-corrected chi connectivity index (χ0v) is 20.2. The van der Waals surface area contributed by atoms with Crippen molar-refractivity contribution >= 4 is 35.0 Å². The largest absolute Gasteiger partial charge is 0.325 e. The maximum atomic E-state index is 13.4. The summed E-state index contributed by atoms with van der Waals surface area (Å²) in [5.74, 6) is -0.334. The molecule has 8 nitrogen and oxygen atoms in total. The topological polar surface area (TPSA) is 96.3 Å². The normalized spacial score (nSPS) is 19.9. The van der Waals surface area contributed by atoms with E-state index in [1.54, 1.807) is 16.0 Å². The van der Waals surface area contributed by atoms with Crippen molar-refractivity contribution in [3.63, 3.8) is 0 Å². The van der Waals surface area contributed by atoms with E-state index in [1.807, 2.05) is 68.6 Å². The van der Waals surface area contributed by atoms with Gasteiger partial charge in [-0.05, 0) is 42.8 Å². The molecule has 2 aromatic heterocycles. The number of imide groups is 1. The minimum Gasteiger partial charge on any atom is -0.319 e. The van der Waals surface area contributed by atoms with Gasteiger partial charge in [-0.15, -0.1) is 11.3 Å². The lowest BCUT2D eigenvalue weighted by Crippen LogP contribution is -2.46. The zero-order chi connectivity index (χ0) is 24.1. The Morgan fingerprint density at radius 2 is 1.97 bits per heavy atom. The second-order valence-electron chi connectivity index (χ2n) is 9.80. The molecule has 0 radical (unpaired) electrons. The van der Waals surface area contributed by atoms with Gasteiger partial charge < -0.3 is 10.6 Å². The molecule has 1 fully saturated rings. The number of para-hydroxylation sites is 1. The van der Waals surface area contributed by atoms with Crippen LogP contribution in [0.25, 0.3) is 5.69 Å². The van der Waals surface area contributed by atoms with Crippen LogP contribution in [-0.2, 0) is 27.0 Å². The quantitative estimate of drug-likeness (QED) is 0.556. The number of urea groups is 1. The van der Waals surface area contributed by atoms with Gasteiger partial charge in [-0.25, -0.2) is 9.48 Å². The molecule has 1 aromatic carbocycles. The third kappa shape index (κ3) is 3.69. The van der Waals surface area contributed by atoms with Gasteiger partial charge in [0.2, 0.25) is 5.91 Å². The summed E-state index contributed by atoms with van der Waals surface area (Å²) in [4.78, 5) is 41.4. The standard InChI is InChI=1S/C25H27N5O3S/c1-24(2,3)19-14-20(30(28-19)16-8-5-4-6-9-16)26-21(31)15-29-22(32)25(27-23(29)33)12-7-10-18-17(25)11-13-34-18/h4-6,8-9,11,13-14H,7,10,12,15H2,1-3H3,(H,26,31)(H,27,33). The molecule has 1 aliphatic carbocycles. The summed E-state index contributed by atoms with van der Waals surface area (Å²) in [6.45, 7) is 5.78. The molecule has 3 heterocycles. The number of hydrogen-bond donors (Lipinski definition) is 2. The van der Waals surface area contributed by atoms with Crippen LogP contribution in [0, 0.1) is 0 Å². The molecule has 1 spiro atoms. The van der Waals surface area contributed by atoms with Gasteiger partial charge in [0.1, 0.15) is 17.9 Å². The number of nitrogens with one attached hydrogen (secondary N) is 2. The highest BCUT2D eigenvalue weighted by molar-refractivity contribution is 7.10. The molecule has 2 N–H and O–H groups in total. The minimum atomic E-state index is -1.06. The van der Waals surface area contributed by atoms with Crippen LogP contribution in [0.2, 0.25) is 0 Å². The van der Waals surface area contributed by atoms with E-state index in [1.165, 1.54) is 0 Å². The molecular formula is C25H27N5O3S. The monoisotopic (exact) mass is 477 g/mol. The minimum absolute atomic E-state index is 0.226. The van der Waals surface area contributed by atoms with E-state index in [2.05, 4.69) is 10.6 Å². The smallest absolute Gasteiger partial charge is 0.319 e. The molecule has 0 saturated carbocycles. The Morgan fingerprint density at radius 1 is 1.21 bits per heavy atom. The summed E-state index contributed by atoms with van der Waals surface area (Å²) < 4.78 is 1.67. The van der Waals surface area contributed by atoms with Gasteiger partial charge in [0.05, 0.1) is 11.4 Å². The van der Waals surface area contributed by atoms with Gasteiger partial charge in [-0.1, -0.05) is 39.0 Å². The fourth-order valence-electron chi connectivity index (χ4n) is 4.61. The molecule has 4 amide bonds. The van der Waals surface area contributed by atoms with Gasteiger partial charge in [0, 0.05) is 21.9 Å². The summed E-state index contributed by atoms with van der Waals surface area (Å²) in [6, 6.07) is 12.7. The number of aromatic nitrogens is 2. The number of carbonyl (C=O) groups excluding carboxylic acids is 3. The lowest BCUT2D eigenvalue weighted by Gasteiger charge is -2.31. The SMILES string of the molecule is CC(C)(C)c1cc(NC(=O)CN2C(=O)NC3(CCCc4sccc43)C2=O)n(-c2ccccc2)n1. The van der Waals surface area contributed by atoms with E-state index in [9.17, 15) is 14.4 Å². The van der Waals surface area contributed by atoms with E-state index < -0.39 is 17.5 Å². The van der Waals surface area contributed by atoms with E-state index in [4.69, 9.17) is 5.10 Å². The molecule has 1 saturated heterocycles. The van der Waals surface area contributed by atoms with Gasteiger partial charge in [0.25, 0.3) is 5.91 Å². The number of hydrogen-bond acceptors (Lipinski definition) is 5. The number of anilines is 1. The first-order valence-corrected chi connectivity index (χ1v) is 12.2. The molecule has 2 aliphatic rings. The third-order valence-corrected chi connectivity index (χ3v) is 7.37. The van der Waals surface area contributed by atoms with Crippen LogP contribution < -0.4 is 10.6 Å². The fraction of sp³-hybridized carbons (Fsp3) is 0.360. The van der Waals surface area contributed by atoms with Crippen molar-refractivity contribution in [3.8, 4) is 5.69 Å². The summed E-state index contributed by atoms with van der Waals surface area (Å²) >= 11 is 1.60. The Hall–Kier alpha value is -3.46. The predicted molar refractivity (Wildman–Crippen MR) is 130 cm³/mol. The van der Waals surface area contributed by atoms with Crippen LogP contribution in [0.4, 0.5) is 10.6 Å². The second-order valence-corrected chi connectivity index (χ2v) is 10.8. The lowest BCUT2D eigenvalue weighted by atomic mass is 9.80. The average molecular weight is 478 g/mol. The molecule has 34 heavy (non-hydrogen) atoms. The number of aryl methyl sites for hydroxylation is 1. The molecule has 1 atom stereocenters. The molecule has 3 aromatic rings. The lowest BCUT2D eigenvalue weighted by molar-refractivity contribution is -0.134. The molecule has 1 unspecified atom stereocenters. The Balaban J connectivity index is 1.39. The van der Waals surface area contributed by atoms with Crippen molar-refractivity contribution in [2.75, 3.05) is 11.9 Å². The van der Waals surface area contributed by atoms with Gasteiger partial charge >= 0.3 is 6.03 Å². The highest BCUT2D eigenvalue weighted by Gasteiger charge is 2.54. The Kier molecular flexibility index (Phi) is 5.31. The summed E-state index contributed by atoms with van der Waals surface area (Å²) in [5.41, 5.74) is 1.19. The first-order chi connectivity index (χ1) is 16.2. The summed E-state index contributed by atoms with van der Waals surface area (Å²) in [7, 11) is 0. The van der Waals surface area contributed by atoms with Crippen LogP contribution in [0.3, 0.4) is 0 Å². The third-order valence-electron chi connectivity index (χ3n) is 6.38. The van der Waals surface area contributed by atoms with Crippen LogP contribution in [0.1, 0.15) is 49.7 Å². The Bertz CT molecular complexity index is 1270. The molecular weight excluding hydrogens is 450 g/mol. The van der Waals surface area contributed by atoms with Gasteiger partial charge in [0.15, 0.2) is 0 Å². The predicted octanol–water partition coefficient (Wildman–Crippen LogP) is 3.95. The fourth-order valence-corrected chi connectivity index (χ4v) is 5.61. The van der Waals surface area contributed by atoms with E-state index >= 15 is 0 Å². The number of fused-ring (bicyclic) bond motifs is 2. The zero-order valence-electron chi connectivity index (χ0n) is 19.4. The first kappa shape index (κ1) is 22.3. The van der Waals surface area contributed by atoms with Gasteiger partial charge in [-0.2, -0.15) is 5.10 Å². The van der Waals surface area contributed by atoms with E-state index in [0.29, 0.717) is 12.2 Å². The molecule has 5 rings (SSSR count). The van der Waals surface area contributed by atoms with E-state index in [0.717, 1.165) is 39.6 Å². The van der Waals surface area contributed by atoms with Crippen molar-refractivity contribution in [2.45, 2.75) is 51.0 Å². The molecule has 9 heteroatoms. The van der Waals surface area contributed by atoms with Crippen LogP contribution >= 0.6 is 11.3 Å². The van der Waals surface area contributed by atoms with Crippen LogP contribution in [-0.4, -0.2) is 39.1 Å². The van der Waals surface area contributed by atoms with Crippen LogP contribution in [0.15, 0.2) is 47.8 Å². The number of carbonyl (C=O) groups is 3. The van der Waals surface area contributed by atoms with Crippen molar-refractivity contribution in [1.29, 1.82) is 0 Å². The molecule has 0 bridgehead atoms. The second kappa shape index (κ2) is 8.09. The van der Waals surface area contributed by atoms with Gasteiger partial charge in [-0.3, -0.25) is 14.5 Å². The maximum Gasteiger partial charge on any atom is 0.325 e. The number of nitrogens with zero attached hydrogens (tertiary/aromatic N) is 3. The summed E-state index contributed by atoms with van der Waals surface area (Å²) in [6.07, 6.45) is 2.25.